The molecule has 0 saturated carbocycles. The lowest BCUT2D eigenvalue weighted by Crippen LogP contribution is -2.44. The molecule has 1 aromatic rings. The van der Waals surface area contributed by atoms with Gasteiger partial charge in [-0.1, -0.05) is 26.0 Å². The average molecular weight is 247 g/mol. The molecule has 3 nitrogen and oxygen atoms in total. The van der Waals surface area contributed by atoms with Crippen molar-refractivity contribution < 1.29 is 0 Å². The normalized spacial score (nSPS) is 17.2. The SMILES string of the molecule is CC(C)CNc1ccccc1N1CCN(C)CC1. The van der Waals surface area contributed by atoms with Gasteiger partial charge in [0, 0.05) is 32.7 Å². The first-order chi connectivity index (χ1) is 8.66. The van der Waals surface area contributed by atoms with Crippen LogP contribution >= 0.6 is 0 Å². The van der Waals surface area contributed by atoms with Gasteiger partial charge >= 0.3 is 0 Å². The van der Waals surface area contributed by atoms with Crippen LogP contribution in [0, 0.1) is 5.92 Å². The van der Waals surface area contributed by atoms with E-state index in [2.05, 4.69) is 60.3 Å². The molecule has 1 heterocycles. The number of anilines is 2. The van der Waals surface area contributed by atoms with Crippen LogP contribution < -0.4 is 10.2 Å². The Balaban J connectivity index is 2.07. The monoisotopic (exact) mass is 247 g/mol. The number of benzene rings is 1. The Bertz CT molecular complexity index is 368. The highest BCUT2D eigenvalue weighted by molar-refractivity contribution is 5.70. The van der Waals surface area contributed by atoms with Crippen molar-refractivity contribution in [1.29, 1.82) is 0 Å². The van der Waals surface area contributed by atoms with E-state index in [-0.39, 0.29) is 0 Å². The van der Waals surface area contributed by atoms with E-state index >= 15 is 0 Å². The fourth-order valence-electron chi connectivity index (χ4n) is 2.26. The molecule has 100 valence electrons. The van der Waals surface area contributed by atoms with Crippen LogP contribution in [-0.2, 0) is 0 Å². The molecule has 0 aromatic heterocycles. The second-order valence-electron chi connectivity index (χ2n) is 5.58. The highest BCUT2D eigenvalue weighted by atomic mass is 15.3. The summed E-state index contributed by atoms with van der Waals surface area (Å²) in [4.78, 5) is 4.88. The number of piperazine rings is 1. The third kappa shape index (κ3) is 3.39. The number of likely N-dealkylation sites (N-methyl/N-ethyl adjacent to an activating group) is 1. The summed E-state index contributed by atoms with van der Waals surface area (Å²) in [6, 6.07) is 8.67. The van der Waals surface area contributed by atoms with E-state index in [0.29, 0.717) is 5.92 Å². The second kappa shape index (κ2) is 6.10. The lowest BCUT2D eigenvalue weighted by Gasteiger charge is -2.35. The smallest absolute Gasteiger partial charge is 0.0602 e. The van der Waals surface area contributed by atoms with Gasteiger partial charge in [-0.3, -0.25) is 0 Å². The lowest BCUT2D eigenvalue weighted by molar-refractivity contribution is 0.313. The van der Waals surface area contributed by atoms with Crippen LogP contribution in [0.4, 0.5) is 11.4 Å². The van der Waals surface area contributed by atoms with Crippen LogP contribution in [0.25, 0.3) is 0 Å². The Kier molecular flexibility index (Phi) is 4.48. The standard InChI is InChI=1S/C15H25N3/c1-13(2)12-16-14-6-4-5-7-15(14)18-10-8-17(3)9-11-18/h4-7,13,16H,8-12H2,1-3H3. The number of para-hydroxylation sites is 2. The molecule has 1 saturated heterocycles. The summed E-state index contributed by atoms with van der Waals surface area (Å²) in [6.45, 7) is 10.1. The van der Waals surface area contributed by atoms with Crippen molar-refractivity contribution in [3.63, 3.8) is 0 Å². The van der Waals surface area contributed by atoms with Gasteiger partial charge < -0.3 is 15.1 Å². The Morgan fingerprint density at radius 3 is 2.44 bits per heavy atom. The summed E-state index contributed by atoms with van der Waals surface area (Å²) in [5, 5.41) is 3.57. The largest absolute Gasteiger partial charge is 0.383 e. The molecule has 0 radical (unpaired) electrons. The number of nitrogens with zero attached hydrogens (tertiary/aromatic N) is 2. The molecule has 1 aromatic carbocycles. The molecule has 0 atom stereocenters. The molecule has 1 fully saturated rings. The zero-order valence-corrected chi connectivity index (χ0v) is 11.8. The topological polar surface area (TPSA) is 18.5 Å². The number of hydrogen-bond donors (Lipinski definition) is 1. The third-order valence-electron chi connectivity index (χ3n) is 3.45. The van der Waals surface area contributed by atoms with Gasteiger partial charge in [-0.15, -0.1) is 0 Å². The first-order valence-corrected chi connectivity index (χ1v) is 6.93. The van der Waals surface area contributed by atoms with Crippen molar-refractivity contribution in [2.24, 2.45) is 5.92 Å². The van der Waals surface area contributed by atoms with Crippen LogP contribution in [0.1, 0.15) is 13.8 Å². The fourth-order valence-corrected chi connectivity index (χ4v) is 2.26. The molecule has 1 aliphatic rings. The predicted octanol–water partition coefficient (Wildman–Crippen LogP) is 2.51. The van der Waals surface area contributed by atoms with Crippen LogP contribution in [0.3, 0.4) is 0 Å². The summed E-state index contributed by atoms with van der Waals surface area (Å²) in [5.41, 5.74) is 2.63. The van der Waals surface area contributed by atoms with E-state index in [0.717, 1.165) is 32.7 Å². The molecule has 0 bridgehead atoms. The Hall–Kier alpha value is -1.22. The number of nitrogens with one attached hydrogen (secondary N) is 1. The van der Waals surface area contributed by atoms with E-state index in [1.807, 2.05) is 0 Å². The molecule has 2 rings (SSSR count). The maximum Gasteiger partial charge on any atom is 0.0602 e. The van der Waals surface area contributed by atoms with Crippen molar-refractivity contribution in [3.05, 3.63) is 24.3 Å². The fraction of sp³-hybridized carbons (Fsp3) is 0.600. The minimum atomic E-state index is 0.672. The zero-order valence-electron chi connectivity index (χ0n) is 11.8. The molecule has 1 aliphatic heterocycles. The van der Waals surface area contributed by atoms with E-state index in [9.17, 15) is 0 Å². The third-order valence-corrected chi connectivity index (χ3v) is 3.45. The number of hydrogen-bond acceptors (Lipinski definition) is 3. The first-order valence-electron chi connectivity index (χ1n) is 6.93. The molecule has 18 heavy (non-hydrogen) atoms. The first kappa shape index (κ1) is 13.2. The Morgan fingerprint density at radius 2 is 1.78 bits per heavy atom. The van der Waals surface area contributed by atoms with Gasteiger partial charge in [0.15, 0.2) is 0 Å². The van der Waals surface area contributed by atoms with Crippen molar-refractivity contribution >= 4 is 11.4 Å². The average Bonchev–Trinajstić information content (AvgIpc) is 2.38. The van der Waals surface area contributed by atoms with Gasteiger partial charge in [0.25, 0.3) is 0 Å². The summed E-state index contributed by atoms with van der Waals surface area (Å²) in [7, 11) is 2.19. The van der Waals surface area contributed by atoms with Gasteiger partial charge in [-0.05, 0) is 25.1 Å². The summed E-state index contributed by atoms with van der Waals surface area (Å²) in [5.74, 6) is 0.672. The molecule has 0 amide bonds. The molecule has 3 heteroatoms. The van der Waals surface area contributed by atoms with Gasteiger partial charge in [0.2, 0.25) is 0 Å². The minimum Gasteiger partial charge on any atom is -0.383 e. The zero-order chi connectivity index (χ0) is 13.0. The predicted molar refractivity (Wildman–Crippen MR) is 79.5 cm³/mol. The molecular formula is C15H25N3. The van der Waals surface area contributed by atoms with Crippen LogP contribution in [0.5, 0.6) is 0 Å². The van der Waals surface area contributed by atoms with Gasteiger partial charge in [0.05, 0.1) is 11.4 Å². The minimum absolute atomic E-state index is 0.672. The highest BCUT2D eigenvalue weighted by Crippen LogP contribution is 2.26. The molecule has 1 N–H and O–H groups in total. The molecular weight excluding hydrogens is 222 g/mol. The quantitative estimate of drug-likeness (QED) is 0.882. The highest BCUT2D eigenvalue weighted by Gasteiger charge is 2.16. The van der Waals surface area contributed by atoms with Gasteiger partial charge in [-0.25, -0.2) is 0 Å². The van der Waals surface area contributed by atoms with Crippen molar-refractivity contribution in [3.8, 4) is 0 Å². The van der Waals surface area contributed by atoms with Crippen molar-refractivity contribution in [2.75, 3.05) is 50.0 Å². The van der Waals surface area contributed by atoms with Crippen LogP contribution in [0.15, 0.2) is 24.3 Å². The van der Waals surface area contributed by atoms with Crippen molar-refractivity contribution in [2.45, 2.75) is 13.8 Å². The van der Waals surface area contributed by atoms with Crippen molar-refractivity contribution in [1.82, 2.24) is 4.90 Å². The Labute approximate surface area is 111 Å². The summed E-state index contributed by atoms with van der Waals surface area (Å²) < 4.78 is 0. The van der Waals surface area contributed by atoms with E-state index < -0.39 is 0 Å². The Morgan fingerprint density at radius 1 is 1.11 bits per heavy atom. The molecule has 0 unspecified atom stereocenters. The molecule has 0 spiro atoms. The number of rotatable bonds is 4. The second-order valence-corrected chi connectivity index (χ2v) is 5.58. The lowest BCUT2D eigenvalue weighted by atomic mass is 10.2. The maximum atomic E-state index is 3.57. The van der Waals surface area contributed by atoms with Crippen LogP contribution in [0.2, 0.25) is 0 Å². The van der Waals surface area contributed by atoms with Gasteiger partial charge in [-0.2, -0.15) is 0 Å². The van der Waals surface area contributed by atoms with E-state index in [1.54, 1.807) is 0 Å². The van der Waals surface area contributed by atoms with E-state index in [1.165, 1.54) is 11.4 Å². The van der Waals surface area contributed by atoms with Gasteiger partial charge in [0.1, 0.15) is 0 Å². The van der Waals surface area contributed by atoms with E-state index in [4.69, 9.17) is 0 Å². The maximum absolute atomic E-state index is 3.57. The summed E-state index contributed by atoms with van der Waals surface area (Å²) >= 11 is 0. The molecule has 0 aliphatic carbocycles. The summed E-state index contributed by atoms with van der Waals surface area (Å²) in [6.07, 6.45) is 0. The van der Waals surface area contributed by atoms with Crippen LogP contribution in [-0.4, -0.2) is 44.7 Å².